The second-order valence-corrected chi connectivity index (χ2v) is 2.87. The molecule has 68 valence electrons. The molecule has 0 bridgehead atoms. The predicted molar refractivity (Wildman–Crippen MR) is 46.7 cm³/mol. The summed E-state index contributed by atoms with van der Waals surface area (Å²) in [6, 6.07) is 4.62. The summed E-state index contributed by atoms with van der Waals surface area (Å²) in [6.45, 7) is 0. The zero-order valence-corrected chi connectivity index (χ0v) is 6.84. The van der Waals surface area contributed by atoms with Crippen LogP contribution in [-0.4, -0.2) is 16.4 Å². The number of benzene rings is 1. The molecule has 4 nitrogen and oxygen atoms in total. The van der Waals surface area contributed by atoms with E-state index in [1.54, 1.807) is 12.3 Å². The van der Waals surface area contributed by atoms with Crippen molar-refractivity contribution in [1.29, 1.82) is 0 Å². The van der Waals surface area contributed by atoms with Crippen LogP contribution in [0.5, 0.6) is 11.5 Å². The van der Waals surface area contributed by atoms with E-state index in [-0.39, 0.29) is 17.6 Å². The van der Waals surface area contributed by atoms with Gasteiger partial charge in [0.25, 0.3) is 0 Å². The fraction of sp³-hybridized carbons (Fsp3) is 0.222. The number of oxime groups is 1. The first-order valence-electron chi connectivity index (χ1n) is 3.97. The first-order chi connectivity index (χ1) is 6.27. The molecule has 1 heterocycles. The molecule has 0 saturated carbocycles. The summed E-state index contributed by atoms with van der Waals surface area (Å²) in [5.74, 6) is -0.254. The van der Waals surface area contributed by atoms with Gasteiger partial charge in [-0.2, -0.15) is 0 Å². The minimum absolute atomic E-state index is 0.123. The van der Waals surface area contributed by atoms with Gasteiger partial charge >= 0.3 is 0 Å². The molecule has 0 aromatic heterocycles. The lowest BCUT2D eigenvalue weighted by molar-refractivity contribution is 0.0856. The third-order valence-corrected chi connectivity index (χ3v) is 1.95. The van der Waals surface area contributed by atoms with Gasteiger partial charge in [0, 0.05) is 12.6 Å². The molecule has 1 aliphatic heterocycles. The summed E-state index contributed by atoms with van der Waals surface area (Å²) in [5.41, 5.74) is 0.813. The van der Waals surface area contributed by atoms with E-state index < -0.39 is 0 Å². The SMILES string of the molecule is Oc1ccc(C2CC=NO2)cc1O. The molecule has 0 radical (unpaired) electrons. The summed E-state index contributed by atoms with van der Waals surface area (Å²) < 4.78 is 0. The standard InChI is InChI=1S/C9H9NO3/c11-7-2-1-6(5-8(7)12)9-3-4-10-13-9/h1-2,4-5,9,11-12H,3H2. The summed E-state index contributed by atoms with van der Waals surface area (Å²) in [5, 5.41) is 21.9. The van der Waals surface area contributed by atoms with E-state index in [2.05, 4.69) is 5.16 Å². The van der Waals surface area contributed by atoms with E-state index in [1.165, 1.54) is 12.1 Å². The first kappa shape index (κ1) is 7.91. The van der Waals surface area contributed by atoms with Crippen LogP contribution in [0.15, 0.2) is 23.4 Å². The van der Waals surface area contributed by atoms with Crippen LogP contribution in [-0.2, 0) is 4.84 Å². The van der Waals surface area contributed by atoms with Crippen LogP contribution >= 0.6 is 0 Å². The minimum Gasteiger partial charge on any atom is -0.504 e. The molecule has 1 unspecified atom stereocenters. The van der Waals surface area contributed by atoms with Gasteiger partial charge in [0.05, 0.1) is 0 Å². The molecule has 1 aliphatic rings. The van der Waals surface area contributed by atoms with Gasteiger partial charge in [-0.15, -0.1) is 0 Å². The van der Waals surface area contributed by atoms with Crippen molar-refractivity contribution in [3.63, 3.8) is 0 Å². The highest BCUT2D eigenvalue weighted by Crippen LogP contribution is 2.31. The highest BCUT2D eigenvalue weighted by molar-refractivity contribution is 5.59. The Morgan fingerprint density at radius 3 is 2.77 bits per heavy atom. The molecule has 13 heavy (non-hydrogen) atoms. The third kappa shape index (κ3) is 1.42. The van der Waals surface area contributed by atoms with Crippen LogP contribution in [0, 0.1) is 0 Å². The highest BCUT2D eigenvalue weighted by atomic mass is 16.6. The van der Waals surface area contributed by atoms with Crippen molar-refractivity contribution in [2.75, 3.05) is 0 Å². The van der Waals surface area contributed by atoms with Gasteiger partial charge in [-0.3, -0.25) is 0 Å². The fourth-order valence-electron chi connectivity index (χ4n) is 1.24. The number of phenolic OH excluding ortho intramolecular Hbond substituents is 2. The van der Waals surface area contributed by atoms with Crippen molar-refractivity contribution in [2.24, 2.45) is 5.16 Å². The Balaban J connectivity index is 2.26. The second kappa shape index (κ2) is 2.97. The average Bonchev–Trinajstić information content (AvgIpc) is 2.62. The molecule has 1 atom stereocenters. The largest absolute Gasteiger partial charge is 0.504 e. The van der Waals surface area contributed by atoms with Crippen molar-refractivity contribution in [1.82, 2.24) is 0 Å². The molecule has 2 rings (SSSR count). The van der Waals surface area contributed by atoms with Crippen molar-refractivity contribution in [3.8, 4) is 11.5 Å². The topological polar surface area (TPSA) is 62.1 Å². The first-order valence-corrected chi connectivity index (χ1v) is 3.97. The Morgan fingerprint density at radius 1 is 1.31 bits per heavy atom. The summed E-state index contributed by atoms with van der Waals surface area (Å²) >= 11 is 0. The van der Waals surface area contributed by atoms with E-state index in [9.17, 15) is 5.11 Å². The third-order valence-electron chi connectivity index (χ3n) is 1.95. The number of nitrogens with zero attached hydrogens (tertiary/aromatic N) is 1. The van der Waals surface area contributed by atoms with Crippen LogP contribution in [0.2, 0.25) is 0 Å². The highest BCUT2D eigenvalue weighted by Gasteiger charge is 2.16. The summed E-state index contributed by atoms with van der Waals surface area (Å²) in [6.07, 6.45) is 2.24. The molecule has 0 aliphatic carbocycles. The van der Waals surface area contributed by atoms with Gasteiger partial charge in [0.2, 0.25) is 0 Å². The molecule has 0 amide bonds. The van der Waals surface area contributed by atoms with E-state index in [4.69, 9.17) is 9.94 Å². The molecule has 4 heteroatoms. The van der Waals surface area contributed by atoms with Crippen LogP contribution in [0.25, 0.3) is 0 Å². The Kier molecular flexibility index (Phi) is 1.81. The lowest BCUT2D eigenvalue weighted by Gasteiger charge is -2.08. The van der Waals surface area contributed by atoms with Crippen molar-refractivity contribution < 1.29 is 15.1 Å². The lowest BCUT2D eigenvalue weighted by Crippen LogP contribution is -1.94. The molecule has 2 N–H and O–H groups in total. The van der Waals surface area contributed by atoms with Gasteiger partial charge in [-0.25, -0.2) is 0 Å². The Labute approximate surface area is 75.1 Å². The van der Waals surface area contributed by atoms with E-state index in [0.717, 1.165) is 5.56 Å². The number of aromatic hydroxyl groups is 2. The van der Waals surface area contributed by atoms with Crippen LogP contribution < -0.4 is 0 Å². The van der Waals surface area contributed by atoms with Crippen LogP contribution in [0.1, 0.15) is 18.1 Å². The predicted octanol–water partition coefficient (Wildman–Crippen LogP) is 1.54. The van der Waals surface area contributed by atoms with Crippen LogP contribution in [0.3, 0.4) is 0 Å². The van der Waals surface area contributed by atoms with Crippen molar-refractivity contribution in [3.05, 3.63) is 23.8 Å². The second-order valence-electron chi connectivity index (χ2n) is 2.87. The maximum absolute atomic E-state index is 9.21. The Hall–Kier alpha value is -1.71. The lowest BCUT2D eigenvalue weighted by atomic mass is 10.1. The molecule has 0 saturated heterocycles. The van der Waals surface area contributed by atoms with Crippen molar-refractivity contribution >= 4 is 6.21 Å². The average molecular weight is 179 g/mol. The van der Waals surface area contributed by atoms with E-state index >= 15 is 0 Å². The van der Waals surface area contributed by atoms with Gasteiger partial charge < -0.3 is 15.1 Å². The van der Waals surface area contributed by atoms with Crippen LogP contribution in [0.4, 0.5) is 0 Å². The monoisotopic (exact) mass is 179 g/mol. The zero-order valence-electron chi connectivity index (χ0n) is 6.84. The van der Waals surface area contributed by atoms with Gasteiger partial charge in [-0.05, 0) is 17.7 Å². The zero-order chi connectivity index (χ0) is 9.26. The number of rotatable bonds is 1. The normalized spacial score (nSPS) is 20.2. The van der Waals surface area contributed by atoms with Gasteiger partial charge in [-0.1, -0.05) is 11.2 Å². The summed E-state index contributed by atoms with van der Waals surface area (Å²) in [7, 11) is 0. The Morgan fingerprint density at radius 2 is 2.15 bits per heavy atom. The van der Waals surface area contributed by atoms with Gasteiger partial charge in [0.1, 0.15) is 0 Å². The van der Waals surface area contributed by atoms with Crippen molar-refractivity contribution in [2.45, 2.75) is 12.5 Å². The molecule has 0 fully saturated rings. The molecular formula is C9H9NO3. The minimum atomic E-state index is -0.133. The quantitative estimate of drug-likeness (QED) is 0.643. The molecule has 0 spiro atoms. The van der Waals surface area contributed by atoms with E-state index in [1.807, 2.05) is 0 Å². The Bertz CT molecular complexity index is 341. The number of phenols is 2. The summed E-state index contributed by atoms with van der Waals surface area (Å²) in [4.78, 5) is 5.01. The number of hydrogen-bond donors (Lipinski definition) is 2. The maximum Gasteiger partial charge on any atom is 0.157 e. The molecule has 1 aromatic carbocycles. The fourth-order valence-corrected chi connectivity index (χ4v) is 1.24. The van der Waals surface area contributed by atoms with E-state index in [0.29, 0.717) is 6.42 Å². The smallest absolute Gasteiger partial charge is 0.157 e. The molecule has 1 aromatic rings. The maximum atomic E-state index is 9.21. The van der Waals surface area contributed by atoms with Gasteiger partial charge in [0.15, 0.2) is 17.6 Å². The molecular weight excluding hydrogens is 170 g/mol. The number of hydrogen-bond acceptors (Lipinski definition) is 4.